The van der Waals surface area contributed by atoms with Gasteiger partial charge in [0.1, 0.15) is 24.7 Å². The van der Waals surface area contributed by atoms with Gasteiger partial charge in [0.15, 0.2) is 0 Å². The van der Waals surface area contributed by atoms with Crippen LogP contribution >= 0.6 is 0 Å². The first-order chi connectivity index (χ1) is 18.6. The molecular weight excluding hydrogens is 478 g/mol. The predicted octanol–water partition coefficient (Wildman–Crippen LogP) is 5.47. The minimum absolute atomic E-state index is 0.0491. The van der Waals surface area contributed by atoms with Gasteiger partial charge in [0.05, 0.1) is 6.54 Å². The number of nitrogens with zero attached hydrogens (tertiary/aromatic N) is 1. The van der Waals surface area contributed by atoms with Crippen LogP contribution in [0.2, 0.25) is 0 Å². The van der Waals surface area contributed by atoms with E-state index in [9.17, 15) is 9.59 Å². The van der Waals surface area contributed by atoms with Gasteiger partial charge in [-0.1, -0.05) is 60.7 Å². The summed E-state index contributed by atoms with van der Waals surface area (Å²) in [5.41, 5.74) is 2.93. The van der Waals surface area contributed by atoms with Crippen molar-refractivity contribution in [3.63, 3.8) is 0 Å². The molecule has 2 N–H and O–H groups in total. The molecule has 4 aromatic rings. The van der Waals surface area contributed by atoms with Gasteiger partial charge in [-0.15, -0.1) is 0 Å². The zero-order chi connectivity index (χ0) is 26.6. The Kier molecular flexibility index (Phi) is 9.34. The van der Waals surface area contributed by atoms with Crippen molar-refractivity contribution >= 4 is 23.2 Å². The second kappa shape index (κ2) is 13.5. The number of benzene rings is 4. The molecule has 0 spiro atoms. The van der Waals surface area contributed by atoms with Gasteiger partial charge >= 0.3 is 0 Å². The average Bonchev–Trinajstić information content (AvgIpc) is 2.95. The molecule has 4 rings (SSSR count). The van der Waals surface area contributed by atoms with Crippen molar-refractivity contribution in [2.24, 2.45) is 0 Å². The molecule has 38 heavy (non-hydrogen) atoms. The number of hydrogen-bond acceptors (Lipinski definition) is 5. The number of hydrogen-bond donors (Lipinski definition) is 2. The van der Waals surface area contributed by atoms with E-state index in [4.69, 9.17) is 9.47 Å². The monoisotopic (exact) mass is 509 g/mol. The van der Waals surface area contributed by atoms with Crippen LogP contribution in [-0.2, 0) is 11.3 Å². The van der Waals surface area contributed by atoms with E-state index in [2.05, 4.69) is 10.6 Å². The van der Waals surface area contributed by atoms with Crippen molar-refractivity contribution in [1.29, 1.82) is 0 Å². The highest BCUT2D eigenvalue weighted by molar-refractivity contribution is 5.96. The van der Waals surface area contributed by atoms with Gasteiger partial charge in [0.2, 0.25) is 5.91 Å². The summed E-state index contributed by atoms with van der Waals surface area (Å²) in [4.78, 5) is 27.1. The molecule has 0 aliphatic rings. The van der Waals surface area contributed by atoms with Crippen molar-refractivity contribution in [1.82, 2.24) is 4.90 Å². The van der Waals surface area contributed by atoms with Gasteiger partial charge in [-0.25, -0.2) is 0 Å². The van der Waals surface area contributed by atoms with Crippen molar-refractivity contribution < 1.29 is 19.1 Å². The molecule has 0 unspecified atom stereocenters. The lowest BCUT2D eigenvalue weighted by Gasteiger charge is -2.18. The van der Waals surface area contributed by atoms with Crippen LogP contribution in [0.25, 0.3) is 0 Å². The van der Waals surface area contributed by atoms with Gasteiger partial charge in [-0.2, -0.15) is 0 Å². The first-order valence-electron chi connectivity index (χ1n) is 12.4. The predicted molar refractivity (Wildman–Crippen MR) is 150 cm³/mol. The van der Waals surface area contributed by atoms with Crippen molar-refractivity contribution in [2.45, 2.75) is 6.54 Å². The molecule has 0 atom stereocenters. The molecular formula is C31H31N3O4. The van der Waals surface area contributed by atoms with Gasteiger partial charge in [0, 0.05) is 36.6 Å². The minimum Gasteiger partial charge on any atom is -0.490 e. The van der Waals surface area contributed by atoms with Crippen LogP contribution in [-0.4, -0.2) is 43.5 Å². The van der Waals surface area contributed by atoms with Gasteiger partial charge in [0.25, 0.3) is 5.91 Å². The quantitative estimate of drug-likeness (QED) is 0.248. The topological polar surface area (TPSA) is 79.9 Å². The number of para-hydroxylation sites is 1. The summed E-state index contributed by atoms with van der Waals surface area (Å²) < 4.78 is 11.4. The fraction of sp³-hybridized carbons (Fsp3) is 0.161. The SMILES string of the molecule is CN(Cc1ccccc1)C(=O)c1cccc(NCC(=O)Nc2cccc(OCCOc3ccccc3)c2)c1. The summed E-state index contributed by atoms with van der Waals surface area (Å²) in [6.45, 7) is 1.35. The fourth-order valence-electron chi connectivity index (χ4n) is 3.80. The highest BCUT2D eigenvalue weighted by atomic mass is 16.5. The first kappa shape index (κ1) is 26.3. The second-order valence-corrected chi connectivity index (χ2v) is 8.67. The number of nitrogens with one attached hydrogen (secondary N) is 2. The Hall–Kier alpha value is -4.78. The lowest BCUT2D eigenvalue weighted by molar-refractivity contribution is -0.114. The van der Waals surface area contributed by atoms with Crippen molar-refractivity contribution in [3.8, 4) is 11.5 Å². The minimum atomic E-state index is -0.215. The number of carbonyl (C=O) groups excluding carboxylic acids is 2. The number of anilines is 2. The third-order valence-electron chi connectivity index (χ3n) is 5.65. The third-order valence-corrected chi connectivity index (χ3v) is 5.65. The molecule has 0 aromatic heterocycles. The molecule has 0 bridgehead atoms. The number of amides is 2. The summed E-state index contributed by atoms with van der Waals surface area (Å²) in [6, 6.07) is 33.7. The normalized spacial score (nSPS) is 10.3. The second-order valence-electron chi connectivity index (χ2n) is 8.67. The van der Waals surface area contributed by atoms with Crippen LogP contribution in [0.5, 0.6) is 11.5 Å². The molecule has 0 radical (unpaired) electrons. The van der Waals surface area contributed by atoms with E-state index in [1.165, 1.54) is 0 Å². The Morgan fingerprint density at radius 1 is 0.711 bits per heavy atom. The highest BCUT2D eigenvalue weighted by Crippen LogP contribution is 2.18. The smallest absolute Gasteiger partial charge is 0.253 e. The molecule has 0 aliphatic carbocycles. The molecule has 2 amide bonds. The maximum Gasteiger partial charge on any atom is 0.253 e. The lowest BCUT2D eigenvalue weighted by atomic mass is 10.1. The van der Waals surface area contributed by atoms with E-state index < -0.39 is 0 Å². The summed E-state index contributed by atoms with van der Waals surface area (Å²) in [7, 11) is 1.77. The van der Waals surface area contributed by atoms with Crippen molar-refractivity contribution in [3.05, 3.63) is 120 Å². The maximum atomic E-state index is 12.9. The van der Waals surface area contributed by atoms with Crippen LogP contribution in [0.15, 0.2) is 109 Å². The summed E-state index contributed by atoms with van der Waals surface area (Å²) in [6.07, 6.45) is 0. The maximum absolute atomic E-state index is 12.9. The number of carbonyl (C=O) groups is 2. The van der Waals surface area contributed by atoms with Crippen LogP contribution in [0.3, 0.4) is 0 Å². The summed E-state index contributed by atoms with van der Waals surface area (Å²) >= 11 is 0. The van der Waals surface area contributed by atoms with E-state index in [0.717, 1.165) is 11.3 Å². The number of ether oxygens (including phenoxy) is 2. The largest absolute Gasteiger partial charge is 0.490 e. The van der Waals surface area contributed by atoms with Gasteiger partial charge in [-0.05, 0) is 48.0 Å². The lowest BCUT2D eigenvalue weighted by Crippen LogP contribution is -2.26. The van der Waals surface area contributed by atoms with Crippen LogP contribution in [0.4, 0.5) is 11.4 Å². The molecule has 4 aromatic carbocycles. The van der Waals surface area contributed by atoms with Crippen LogP contribution in [0, 0.1) is 0 Å². The van der Waals surface area contributed by atoms with Gasteiger partial charge in [-0.3, -0.25) is 9.59 Å². The Bertz CT molecular complexity index is 1330. The highest BCUT2D eigenvalue weighted by Gasteiger charge is 2.13. The zero-order valence-electron chi connectivity index (χ0n) is 21.3. The van der Waals surface area contributed by atoms with E-state index in [1.54, 1.807) is 42.3 Å². The molecule has 194 valence electrons. The van der Waals surface area contributed by atoms with Crippen LogP contribution in [0.1, 0.15) is 15.9 Å². The summed E-state index contributed by atoms with van der Waals surface area (Å²) in [5.74, 6) is 1.12. The summed E-state index contributed by atoms with van der Waals surface area (Å²) in [5, 5.41) is 5.95. The van der Waals surface area contributed by atoms with Gasteiger partial charge < -0.3 is 25.0 Å². The molecule has 0 heterocycles. The molecule has 0 fully saturated rings. The Morgan fingerprint density at radius 3 is 2.11 bits per heavy atom. The molecule has 7 nitrogen and oxygen atoms in total. The molecule has 0 aliphatic heterocycles. The fourth-order valence-corrected chi connectivity index (χ4v) is 3.80. The standard InChI is InChI=1S/C31H31N3O4/c1-34(23-24-10-4-2-5-11-24)31(36)25-12-8-13-26(20-25)32-22-30(35)33-27-14-9-17-29(21-27)38-19-18-37-28-15-6-3-7-16-28/h2-17,20-21,32H,18-19,22-23H2,1H3,(H,33,35). The van der Waals surface area contributed by atoms with E-state index in [1.807, 2.05) is 78.9 Å². The zero-order valence-corrected chi connectivity index (χ0v) is 21.3. The Labute approximate surface area is 223 Å². The van der Waals surface area contributed by atoms with E-state index in [0.29, 0.717) is 42.4 Å². The van der Waals surface area contributed by atoms with Crippen molar-refractivity contribution in [2.75, 3.05) is 37.4 Å². The molecule has 7 heteroatoms. The van der Waals surface area contributed by atoms with Crippen LogP contribution < -0.4 is 20.1 Å². The average molecular weight is 510 g/mol. The molecule has 0 saturated carbocycles. The van der Waals surface area contributed by atoms with E-state index in [-0.39, 0.29) is 18.4 Å². The number of rotatable bonds is 12. The Morgan fingerprint density at radius 2 is 1.34 bits per heavy atom. The van der Waals surface area contributed by atoms with E-state index >= 15 is 0 Å². The third kappa shape index (κ3) is 8.13. The Balaban J connectivity index is 1.23. The molecule has 0 saturated heterocycles. The first-order valence-corrected chi connectivity index (χ1v) is 12.4.